The molecule has 1 aliphatic heterocycles. The first-order valence-corrected chi connectivity index (χ1v) is 8.90. The maximum atomic E-state index is 12.7. The Bertz CT molecular complexity index is 482. The second-order valence-corrected chi connectivity index (χ2v) is 6.83. The van der Waals surface area contributed by atoms with E-state index in [-0.39, 0.29) is 5.91 Å². The minimum Gasteiger partial charge on any atom is -0.370 e. The molecule has 1 aliphatic rings. The Hall–Kier alpha value is -1.23. The van der Waals surface area contributed by atoms with Crippen LogP contribution in [0.4, 0.5) is 5.82 Å². The van der Waals surface area contributed by atoms with Crippen LogP contribution in [-0.2, 0) is 0 Å². The van der Waals surface area contributed by atoms with Crippen LogP contribution in [0.5, 0.6) is 0 Å². The van der Waals surface area contributed by atoms with E-state index in [1.807, 2.05) is 35.7 Å². The van der Waals surface area contributed by atoms with Gasteiger partial charge in [-0.15, -0.1) is 0 Å². The molecule has 0 unspecified atom stereocenters. The zero-order valence-electron chi connectivity index (χ0n) is 13.2. The maximum absolute atomic E-state index is 12.7. The lowest BCUT2D eigenvalue weighted by Gasteiger charge is -2.21. The lowest BCUT2D eigenvalue weighted by atomic mass is 10.1. The van der Waals surface area contributed by atoms with Gasteiger partial charge in [-0.2, -0.15) is 11.8 Å². The molecule has 5 heteroatoms. The smallest absolute Gasteiger partial charge is 0.254 e. The summed E-state index contributed by atoms with van der Waals surface area (Å²) in [6.07, 6.45) is 1.08. The van der Waals surface area contributed by atoms with Crippen molar-refractivity contribution in [3.63, 3.8) is 0 Å². The lowest BCUT2D eigenvalue weighted by molar-refractivity contribution is 0.0768. The number of rotatable bonds is 4. The predicted molar refractivity (Wildman–Crippen MR) is 90.3 cm³/mol. The van der Waals surface area contributed by atoms with E-state index < -0.39 is 0 Å². The molecule has 0 radical (unpaired) electrons. The van der Waals surface area contributed by atoms with Crippen molar-refractivity contribution in [2.24, 2.45) is 0 Å². The minimum atomic E-state index is 0.140. The molecule has 1 fully saturated rings. The molecule has 21 heavy (non-hydrogen) atoms. The molecule has 0 saturated carbocycles. The van der Waals surface area contributed by atoms with Gasteiger partial charge in [-0.1, -0.05) is 13.8 Å². The minimum absolute atomic E-state index is 0.140. The third kappa shape index (κ3) is 4.37. The van der Waals surface area contributed by atoms with Crippen LogP contribution in [0.25, 0.3) is 0 Å². The number of hydrogen-bond donors (Lipinski definition) is 1. The van der Waals surface area contributed by atoms with Gasteiger partial charge in [-0.05, 0) is 37.1 Å². The first-order chi connectivity index (χ1) is 10.1. The second-order valence-electron chi connectivity index (χ2n) is 5.61. The molecule has 1 N–H and O–H groups in total. The van der Waals surface area contributed by atoms with E-state index in [9.17, 15) is 4.79 Å². The molecule has 0 atom stereocenters. The van der Waals surface area contributed by atoms with Crippen molar-refractivity contribution < 1.29 is 4.79 Å². The van der Waals surface area contributed by atoms with Crippen LogP contribution in [0.1, 0.15) is 49.2 Å². The molecule has 0 bridgehead atoms. The standard InChI is InChI=1S/C16H25N3OS/c1-4-17-15-11-13(10-14(18-15)12(2)3)16(20)19-6-5-8-21-9-7-19/h10-12H,4-9H2,1-3H3,(H,17,18). The first kappa shape index (κ1) is 16.1. The number of aromatic nitrogens is 1. The fourth-order valence-electron chi connectivity index (χ4n) is 2.37. The largest absolute Gasteiger partial charge is 0.370 e. The van der Waals surface area contributed by atoms with Crippen molar-refractivity contribution in [3.05, 3.63) is 23.4 Å². The molecule has 4 nitrogen and oxygen atoms in total. The van der Waals surface area contributed by atoms with Gasteiger partial charge in [-0.25, -0.2) is 4.98 Å². The highest BCUT2D eigenvalue weighted by Crippen LogP contribution is 2.20. The number of nitrogens with zero attached hydrogens (tertiary/aromatic N) is 2. The van der Waals surface area contributed by atoms with Gasteiger partial charge in [0.2, 0.25) is 0 Å². The highest BCUT2D eigenvalue weighted by atomic mass is 32.2. The molecule has 1 saturated heterocycles. The molecule has 2 rings (SSSR count). The Labute approximate surface area is 131 Å². The summed E-state index contributed by atoms with van der Waals surface area (Å²) in [5.41, 5.74) is 1.73. The number of hydrogen-bond acceptors (Lipinski definition) is 4. The molecule has 0 spiro atoms. The van der Waals surface area contributed by atoms with E-state index in [0.29, 0.717) is 5.92 Å². The van der Waals surface area contributed by atoms with Gasteiger partial charge in [0, 0.05) is 36.6 Å². The lowest BCUT2D eigenvalue weighted by Crippen LogP contribution is -2.33. The van der Waals surface area contributed by atoms with Gasteiger partial charge in [0.1, 0.15) is 5.82 Å². The fourth-order valence-corrected chi connectivity index (χ4v) is 3.26. The quantitative estimate of drug-likeness (QED) is 0.927. The first-order valence-electron chi connectivity index (χ1n) is 7.74. The third-order valence-corrected chi connectivity index (χ3v) is 4.60. The predicted octanol–water partition coefficient (Wildman–Crippen LogP) is 3.22. The number of nitrogens with one attached hydrogen (secondary N) is 1. The Morgan fingerprint density at radius 3 is 2.90 bits per heavy atom. The molecule has 0 aliphatic carbocycles. The third-order valence-electron chi connectivity index (χ3n) is 3.55. The molecule has 1 aromatic rings. The summed E-state index contributed by atoms with van der Waals surface area (Å²) in [5, 5.41) is 3.23. The summed E-state index contributed by atoms with van der Waals surface area (Å²) in [7, 11) is 0. The summed E-state index contributed by atoms with van der Waals surface area (Å²) >= 11 is 1.93. The number of anilines is 1. The number of carbonyl (C=O) groups is 1. The molecule has 116 valence electrons. The van der Waals surface area contributed by atoms with E-state index in [1.54, 1.807) is 0 Å². The van der Waals surface area contributed by atoms with Crippen LogP contribution in [0, 0.1) is 0 Å². The fraction of sp³-hybridized carbons (Fsp3) is 0.625. The summed E-state index contributed by atoms with van der Waals surface area (Å²) in [6.45, 7) is 8.77. The summed E-state index contributed by atoms with van der Waals surface area (Å²) in [4.78, 5) is 19.3. The second kappa shape index (κ2) is 7.69. The average molecular weight is 307 g/mol. The molecule has 1 aromatic heterocycles. The molecule has 0 aromatic carbocycles. The van der Waals surface area contributed by atoms with Crippen molar-refractivity contribution in [1.82, 2.24) is 9.88 Å². The monoisotopic (exact) mass is 307 g/mol. The Balaban J connectivity index is 2.25. The number of carbonyl (C=O) groups excluding carboxylic acids is 1. The van der Waals surface area contributed by atoms with Crippen molar-refractivity contribution in [1.29, 1.82) is 0 Å². The number of pyridine rings is 1. The topological polar surface area (TPSA) is 45.2 Å². The summed E-state index contributed by atoms with van der Waals surface area (Å²) in [5.74, 6) is 3.44. The summed E-state index contributed by atoms with van der Waals surface area (Å²) < 4.78 is 0. The highest BCUT2D eigenvalue weighted by molar-refractivity contribution is 7.99. The van der Waals surface area contributed by atoms with E-state index in [4.69, 9.17) is 0 Å². The van der Waals surface area contributed by atoms with E-state index in [1.165, 1.54) is 0 Å². The molecular formula is C16H25N3OS. The van der Waals surface area contributed by atoms with Gasteiger partial charge in [0.05, 0.1) is 0 Å². The van der Waals surface area contributed by atoms with Crippen LogP contribution in [0.15, 0.2) is 12.1 Å². The SMILES string of the molecule is CCNc1cc(C(=O)N2CCCSCC2)cc(C(C)C)n1. The van der Waals surface area contributed by atoms with Gasteiger partial charge in [0.15, 0.2) is 0 Å². The molecular weight excluding hydrogens is 282 g/mol. The Kier molecular flexibility index (Phi) is 5.91. The normalized spacial score (nSPS) is 15.9. The van der Waals surface area contributed by atoms with E-state index in [0.717, 1.165) is 54.6 Å². The van der Waals surface area contributed by atoms with Crippen molar-refractivity contribution >= 4 is 23.5 Å². The van der Waals surface area contributed by atoms with Gasteiger partial charge in [-0.3, -0.25) is 4.79 Å². The van der Waals surface area contributed by atoms with Crippen LogP contribution >= 0.6 is 11.8 Å². The van der Waals surface area contributed by atoms with Crippen LogP contribution in [-0.4, -0.2) is 46.9 Å². The van der Waals surface area contributed by atoms with Crippen molar-refractivity contribution in [2.45, 2.75) is 33.1 Å². The van der Waals surface area contributed by atoms with Crippen LogP contribution in [0.2, 0.25) is 0 Å². The zero-order valence-corrected chi connectivity index (χ0v) is 14.0. The highest BCUT2D eigenvalue weighted by Gasteiger charge is 2.19. The van der Waals surface area contributed by atoms with Crippen molar-refractivity contribution in [3.8, 4) is 0 Å². The van der Waals surface area contributed by atoms with E-state index in [2.05, 4.69) is 24.1 Å². The molecule has 2 heterocycles. The van der Waals surface area contributed by atoms with Crippen molar-refractivity contribution in [2.75, 3.05) is 36.5 Å². The van der Waals surface area contributed by atoms with Crippen LogP contribution in [0.3, 0.4) is 0 Å². The number of amides is 1. The Morgan fingerprint density at radius 2 is 2.19 bits per heavy atom. The average Bonchev–Trinajstić information content (AvgIpc) is 2.75. The maximum Gasteiger partial charge on any atom is 0.254 e. The molecule has 1 amide bonds. The van der Waals surface area contributed by atoms with Crippen LogP contribution < -0.4 is 5.32 Å². The van der Waals surface area contributed by atoms with Gasteiger partial charge < -0.3 is 10.2 Å². The summed E-state index contributed by atoms with van der Waals surface area (Å²) in [6, 6.07) is 3.83. The zero-order chi connectivity index (χ0) is 15.2. The number of thioether (sulfide) groups is 1. The Morgan fingerprint density at radius 1 is 1.38 bits per heavy atom. The van der Waals surface area contributed by atoms with Gasteiger partial charge in [0.25, 0.3) is 5.91 Å². The van der Waals surface area contributed by atoms with E-state index >= 15 is 0 Å². The van der Waals surface area contributed by atoms with Gasteiger partial charge >= 0.3 is 0 Å².